The second-order valence-corrected chi connectivity index (χ2v) is 7.94. The molecule has 5 rings (SSSR count). The van der Waals surface area contributed by atoms with E-state index in [0.29, 0.717) is 35.0 Å². The Bertz CT molecular complexity index is 1360. The molecule has 0 fully saturated rings. The van der Waals surface area contributed by atoms with E-state index in [9.17, 15) is 9.59 Å². The summed E-state index contributed by atoms with van der Waals surface area (Å²) in [4.78, 5) is 26.7. The van der Waals surface area contributed by atoms with Crippen LogP contribution in [-0.2, 0) is 6.54 Å². The van der Waals surface area contributed by atoms with Crippen molar-refractivity contribution < 1.29 is 19.1 Å². The Morgan fingerprint density at radius 3 is 2.55 bits per heavy atom. The number of carbonyl (C=O) groups excluding carboxylic acids is 2. The van der Waals surface area contributed by atoms with Gasteiger partial charge in [0.25, 0.3) is 11.8 Å². The van der Waals surface area contributed by atoms with Crippen LogP contribution >= 0.6 is 0 Å². The van der Waals surface area contributed by atoms with E-state index in [1.165, 1.54) is 0 Å². The predicted molar refractivity (Wildman–Crippen MR) is 124 cm³/mol. The van der Waals surface area contributed by atoms with Crippen molar-refractivity contribution in [2.75, 3.05) is 26.2 Å². The van der Waals surface area contributed by atoms with Gasteiger partial charge in [-0.1, -0.05) is 30.3 Å². The molecule has 0 unspecified atom stereocenters. The average molecular weight is 442 g/mol. The molecule has 3 aromatic carbocycles. The zero-order valence-corrected chi connectivity index (χ0v) is 18.2. The van der Waals surface area contributed by atoms with Crippen molar-refractivity contribution in [3.05, 3.63) is 83.6 Å². The highest BCUT2D eigenvalue weighted by Gasteiger charge is 2.19. The van der Waals surface area contributed by atoms with Gasteiger partial charge >= 0.3 is 0 Å². The normalized spacial score (nSPS) is 12.1. The molecule has 166 valence electrons. The summed E-state index contributed by atoms with van der Waals surface area (Å²) < 4.78 is 12.5. The maximum absolute atomic E-state index is 13.1. The van der Waals surface area contributed by atoms with E-state index >= 15 is 0 Å². The first-order chi connectivity index (χ1) is 16.0. The first-order valence-corrected chi connectivity index (χ1v) is 10.5. The van der Waals surface area contributed by atoms with Gasteiger partial charge in [-0.3, -0.25) is 14.3 Å². The average Bonchev–Trinajstić information content (AvgIpc) is 3.44. The molecule has 0 saturated carbocycles. The molecule has 1 aliphatic rings. The number of nitrogens with one attached hydrogen (secondary N) is 1. The van der Waals surface area contributed by atoms with Crippen molar-refractivity contribution in [1.29, 1.82) is 0 Å². The fourth-order valence-corrected chi connectivity index (χ4v) is 3.76. The van der Waals surface area contributed by atoms with Gasteiger partial charge in [-0.2, -0.15) is 5.10 Å². The number of anilines is 1. The topological polar surface area (TPSA) is 85.7 Å². The lowest BCUT2D eigenvalue weighted by molar-refractivity contribution is 0.0827. The SMILES string of the molecule is CN(C)C(=O)c1ccc(Cn2nc(C(=O)Nc3ccc4c(c3)OCO4)c3ccccc32)cc1. The highest BCUT2D eigenvalue weighted by Crippen LogP contribution is 2.34. The molecule has 8 nitrogen and oxygen atoms in total. The fourth-order valence-electron chi connectivity index (χ4n) is 3.76. The summed E-state index contributed by atoms with van der Waals surface area (Å²) in [6, 6.07) is 20.3. The lowest BCUT2D eigenvalue weighted by Gasteiger charge is -2.10. The van der Waals surface area contributed by atoms with Gasteiger partial charge in [0.1, 0.15) is 0 Å². The lowest BCUT2D eigenvalue weighted by Crippen LogP contribution is -2.21. The van der Waals surface area contributed by atoms with Gasteiger partial charge in [0.2, 0.25) is 6.79 Å². The Hall–Kier alpha value is -4.33. The third-order valence-corrected chi connectivity index (χ3v) is 5.44. The van der Waals surface area contributed by atoms with Crippen molar-refractivity contribution >= 4 is 28.4 Å². The minimum Gasteiger partial charge on any atom is -0.454 e. The molecule has 33 heavy (non-hydrogen) atoms. The summed E-state index contributed by atoms with van der Waals surface area (Å²) in [5.74, 6) is 0.893. The summed E-state index contributed by atoms with van der Waals surface area (Å²) in [5, 5.41) is 8.27. The molecule has 0 bridgehead atoms. The minimum absolute atomic E-state index is 0.0476. The summed E-state index contributed by atoms with van der Waals surface area (Å²) in [6.45, 7) is 0.639. The molecule has 1 aromatic heterocycles. The molecule has 4 aromatic rings. The Morgan fingerprint density at radius 2 is 1.76 bits per heavy atom. The highest BCUT2D eigenvalue weighted by atomic mass is 16.7. The first-order valence-electron chi connectivity index (χ1n) is 10.5. The molecular weight excluding hydrogens is 420 g/mol. The zero-order valence-electron chi connectivity index (χ0n) is 18.2. The Morgan fingerprint density at radius 1 is 1.00 bits per heavy atom. The van der Waals surface area contributed by atoms with E-state index in [1.807, 2.05) is 36.4 Å². The number of aromatic nitrogens is 2. The van der Waals surface area contributed by atoms with Crippen LogP contribution in [-0.4, -0.2) is 47.4 Å². The van der Waals surface area contributed by atoms with Gasteiger partial charge in [0.15, 0.2) is 17.2 Å². The number of rotatable bonds is 5. The molecule has 0 radical (unpaired) electrons. The van der Waals surface area contributed by atoms with Crippen molar-refractivity contribution in [2.24, 2.45) is 0 Å². The van der Waals surface area contributed by atoms with Crippen LogP contribution in [0.5, 0.6) is 11.5 Å². The molecule has 1 N–H and O–H groups in total. The molecule has 1 aliphatic heterocycles. The van der Waals surface area contributed by atoms with E-state index in [4.69, 9.17) is 9.47 Å². The fraction of sp³-hybridized carbons (Fsp3) is 0.160. The second kappa shape index (κ2) is 8.31. The molecule has 0 atom stereocenters. The quantitative estimate of drug-likeness (QED) is 0.509. The maximum Gasteiger partial charge on any atom is 0.276 e. The lowest BCUT2D eigenvalue weighted by atomic mass is 10.1. The highest BCUT2D eigenvalue weighted by molar-refractivity contribution is 6.11. The van der Waals surface area contributed by atoms with Gasteiger partial charge in [-0.05, 0) is 35.9 Å². The second-order valence-electron chi connectivity index (χ2n) is 7.94. The third kappa shape index (κ3) is 3.98. The molecule has 2 heterocycles. The smallest absolute Gasteiger partial charge is 0.276 e. The van der Waals surface area contributed by atoms with Crippen LogP contribution in [0.1, 0.15) is 26.4 Å². The van der Waals surface area contributed by atoms with Crippen LogP contribution in [0.3, 0.4) is 0 Å². The van der Waals surface area contributed by atoms with Gasteiger partial charge in [-0.25, -0.2) is 0 Å². The number of para-hydroxylation sites is 1. The van der Waals surface area contributed by atoms with E-state index in [2.05, 4.69) is 10.4 Å². The number of fused-ring (bicyclic) bond motifs is 2. The van der Waals surface area contributed by atoms with E-state index in [1.54, 1.807) is 54.0 Å². The largest absolute Gasteiger partial charge is 0.454 e. The van der Waals surface area contributed by atoms with Crippen molar-refractivity contribution in [1.82, 2.24) is 14.7 Å². The van der Waals surface area contributed by atoms with Crippen molar-refractivity contribution in [2.45, 2.75) is 6.54 Å². The van der Waals surface area contributed by atoms with E-state index < -0.39 is 0 Å². The standard InChI is InChI=1S/C25H22N4O4/c1-28(2)25(31)17-9-7-16(8-10-17)14-29-20-6-4-3-5-19(20)23(27-29)24(30)26-18-11-12-21-22(13-18)33-15-32-21/h3-13H,14-15H2,1-2H3,(H,26,30). The molecule has 0 saturated heterocycles. The van der Waals surface area contributed by atoms with Crippen LogP contribution < -0.4 is 14.8 Å². The summed E-state index contributed by atoms with van der Waals surface area (Å²) in [6.07, 6.45) is 0. The number of benzene rings is 3. The molecule has 0 spiro atoms. The van der Waals surface area contributed by atoms with Crippen molar-refractivity contribution in [3.63, 3.8) is 0 Å². The number of carbonyl (C=O) groups is 2. The molecule has 8 heteroatoms. The maximum atomic E-state index is 13.1. The van der Waals surface area contributed by atoms with Crippen molar-refractivity contribution in [3.8, 4) is 11.5 Å². The number of amides is 2. The van der Waals surface area contributed by atoms with Crippen LogP contribution in [0.4, 0.5) is 5.69 Å². The third-order valence-electron chi connectivity index (χ3n) is 5.44. The summed E-state index contributed by atoms with van der Waals surface area (Å²) in [5.41, 5.74) is 3.38. The first kappa shape index (κ1) is 20.6. The molecular formula is C25H22N4O4. The summed E-state index contributed by atoms with van der Waals surface area (Å²) in [7, 11) is 3.45. The molecule has 2 amide bonds. The number of ether oxygens (including phenoxy) is 2. The number of nitrogens with zero attached hydrogens (tertiary/aromatic N) is 3. The Balaban J connectivity index is 1.41. The Labute approximate surface area is 190 Å². The summed E-state index contributed by atoms with van der Waals surface area (Å²) >= 11 is 0. The van der Waals surface area contributed by atoms with Crippen LogP contribution in [0, 0.1) is 0 Å². The van der Waals surface area contributed by atoms with Crippen LogP contribution in [0.25, 0.3) is 10.9 Å². The predicted octanol–water partition coefficient (Wildman–Crippen LogP) is 3.77. The van der Waals surface area contributed by atoms with Crippen LogP contribution in [0.2, 0.25) is 0 Å². The van der Waals surface area contributed by atoms with Gasteiger partial charge < -0.3 is 19.7 Å². The molecule has 0 aliphatic carbocycles. The van der Waals surface area contributed by atoms with Crippen LogP contribution in [0.15, 0.2) is 66.7 Å². The van der Waals surface area contributed by atoms with Gasteiger partial charge in [0.05, 0.1) is 12.1 Å². The van der Waals surface area contributed by atoms with E-state index in [0.717, 1.165) is 16.5 Å². The minimum atomic E-state index is -0.309. The van der Waals surface area contributed by atoms with Gasteiger partial charge in [-0.15, -0.1) is 0 Å². The van der Waals surface area contributed by atoms with Gasteiger partial charge in [0, 0.05) is 36.8 Å². The number of hydrogen-bond acceptors (Lipinski definition) is 5. The Kier molecular flexibility index (Phi) is 5.18. The monoisotopic (exact) mass is 442 g/mol. The zero-order chi connectivity index (χ0) is 22.9. The number of hydrogen-bond donors (Lipinski definition) is 1. The van der Waals surface area contributed by atoms with E-state index in [-0.39, 0.29) is 18.6 Å².